The molecule has 0 spiro atoms. The molecule has 2 aliphatic rings. The van der Waals surface area contributed by atoms with Crippen molar-refractivity contribution in [3.05, 3.63) is 60.4 Å². The van der Waals surface area contributed by atoms with E-state index < -0.39 is 10.0 Å². The highest BCUT2D eigenvalue weighted by Gasteiger charge is 2.35. The van der Waals surface area contributed by atoms with Gasteiger partial charge in [-0.05, 0) is 37.1 Å². The molecule has 2 aromatic carbocycles. The third-order valence-corrected chi connectivity index (χ3v) is 7.57. The molecule has 0 unspecified atom stereocenters. The Labute approximate surface area is 172 Å². The number of para-hydroxylation sites is 1. The van der Waals surface area contributed by atoms with Gasteiger partial charge in [-0.3, -0.25) is 4.90 Å². The molecule has 5 nitrogen and oxygen atoms in total. The zero-order valence-electron chi connectivity index (χ0n) is 16.5. The Morgan fingerprint density at radius 2 is 1.52 bits per heavy atom. The van der Waals surface area contributed by atoms with Gasteiger partial charge in [0.1, 0.15) is 5.82 Å². The molecule has 2 atom stereocenters. The number of nitrogens with zero attached hydrogens (tertiary/aromatic N) is 2. The largest absolute Gasteiger partial charge is 0.367 e. The molecule has 29 heavy (non-hydrogen) atoms. The van der Waals surface area contributed by atoms with Crippen LogP contribution in [0.15, 0.2) is 59.5 Å². The van der Waals surface area contributed by atoms with Gasteiger partial charge in [0.15, 0.2) is 0 Å². The Hall–Kier alpha value is -1.96. The molecule has 1 saturated carbocycles. The Bertz CT molecular complexity index is 915. The second-order valence-electron chi connectivity index (χ2n) is 7.87. The maximum absolute atomic E-state index is 14.1. The summed E-state index contributed by atoms with van der Waals surface area (Å²) < 4.78 is 42.7. The third kappa shape index (κ3) is 4.63. The number of rotatable bonds is 5. The van der Waals surface area contributed by atoms with Crippen molar-refractivity contribution < 1.29 is 12.8 Å². The minimum atomic E-state index is -3.53. The lowest BCUT2D eigenvalue weighted by atomic mass is 9.89. The lowest BCUT2D eigenvalue weighted by Gasteiger charge is -2.44. The van der Waals surface area contributed by atoms with Gasteiger partial charge in [0.25, 0.3) is 0 Å². The minimum Gasteiger partial charge on any atom is -0.367 e. The van der Waals surface area contributed by atoms with Gasteiger partial charge in [-0.2, -0.15) is 0 Å². The highest BCUT2D eigenvalue weighted by molar-refractivity contribution is 7.89. The molecule has 1 N–H and O–H groups in total. The van der Waals surface area contributed by atoms with Crippen molar-refractivity contribution in [3.63, 3.8) is 0 Å². The van der Waals surface area contributed by atoms with Crippen LogP contribution in [0.25, 0.3) is 0 Å². The van der Waals surface area contributed by atoms with Gasteiger partial charge in [-0.25, -0.2) is 17.5 Å². The van der Waals surface area contributed by atoms with E-state index in [4.69, 9.17) is 0 Å². The Kier molecular flexibility index (Phi) is 6.18. The lowest BCUT2D eigenvalue weighted by Crippen LogP contribution is -2.58. The molecule has 7 heteroatoms. The average Bonchev–Trinajstić information content (AvgIpc) is 2.75. The zero-order chi connectivity index (χ0) is 20.3. The van der Waals surface area contributed by atoms with Crippen LogP contribution in [0.3, 0.4) is 0 Å². The summed E-state index contributed by atoms with van der Waals surface area (Å²) in [6.07, 6.45) is 3.99. The number of benzene rings is 2. The molecule has 0 radical (unpaired) electrons. The predicted octanol–water partition coefficient (Wildman–Crippen LogP) is 3.24. The van der Waals surface area contributed by atoms with Crippen LogP contribution < -0.4 is 9.62 Å². The monoisotopic (exact) mass is 417 g/mol. The molecule has 1 saturated heterocycles. The van der Waals surface area contributed by atoms with Crippen LogP contribution in [0.4, 0.5) is 10.1 Å². The van der Waals surface area contributed by atoms with Crippen molar-refractivity contribution >= 4 is 15.7 Å². The van der Waals surface area contributed by atoms with Crippen LogP contribution >= 0.6 is 0 Å². The molecule has 4 rings (SSSR count). The van der Waals surface area contributed by atoms with Gasteiger partial charge in [0, 0.05) is 38.3 Å². The van der Waals surface area contributed by atoms with Gasteiger partial charge in [0.05, 0.1) is 10.6 Å². The van der Waals surface area contributed by atoms with E-state index >= 15 is 0 Å². The normalized spacial score (nSPS) is 23.8. The first-order chi connectivity index (χ1) is 14.0. The van der Waals surface area contributed by atoms with Crippen molar-refractivity contribution in [1.82, 2.24) is 9.62 Å². The number of halogens is 1. The van der Waals surface area contributed by atoms with Gasteiger partial charge >= 0.3 is 0 Å². The van der Waals surface area contributed by atoms with Crippen molar-refractivity contribution in [2.24, 2.45) is 0 Å². The molecule has 1 aliphatic carbocycles. The van der Waals surface area contributed by atoms with Crippen LogP contribution in [0.1, 0.15) is 25.7 Å². The molecule has 0 amide bonds. The molecule has 156 valence electrons. The zero-order valence-corrected chi connectivity index (χ0v) is 17.3. The predicted molar refractivity (Wildman–Crippen MR) is 113 cm³/mol. The fourth-order valence-corrected chi connectivity index (χ4v) is 5.88. The van der Waals surface area contributed by atoms with Crippen molar-refractivity contribution in [2.45, 2.75) is 42.7 Å². The van der Waals surface area contributed by atoms with E-state index in [-0.39, 0.29) is 17.9 Å². The van der Waals surface area contributed by atoms with E-state index in [1.54, 1.807) is 30.3 Å². The van der Waals surface area contributed by atoms with Crippen LogP contribution in [0, 0.1) is 5.82 Å². The maximum Gasteiger partial charge on any atom is 0.240 e. The van der Waals surface area contributed by atoms with Gasteiger partial charge < -0.3 is 4.90 Å². The van der Waals surface area contributed by atoms with E-state index in [0.29, 0.717) is 10.6 Å². The first-order valence-electron chi connectivity index (χ1n) is 10.4. The van der Waals surface area contributed by atoms with Crippen molar-refractivity contribution in [2.75, 3.05) is 31.1 Å². The van der Waals surface area contributed by atoms with E-state index in [0.717, 1.165) is 51.9 Å². The first kappa shape index (κ1) is 20.3. The van der Waals surface area contributed by atoms with Crippen molar-refractivity contribution in [1.29, 1.82) is 0 Å². The van der Waals surface area contributed by atoms with Gasteiger partial charge in [-0.1, -0.05) is 43.2 Å². The highest BCUT2D eigenvalue weighted by Crippen LogP contribution is 2.27. The minimum absolute atomic E-state index is 0.0889. The topological polar surface area (TPSA) is 52.7 Å². The summed E-state index contributed by atoms with van der Waals surface area (Å²) in [7, 11) is -3.53. The summed E-state index contributed by atoms with van der Waals surface area (Å²) in [6.45, 7) is 3.11. The molecule has 2 fully saturated rings. The number of anilines is 1. The molecule has 1 heterocycles. The smallest absolute Gasteiger partial charge is 0.240 e. The van der Waals surface area contributed by atoms with E-state index in [1.807, 2.05) is 18.2 Å². The molecule has 2 aromatic rings. The van der Waals surface area contributed by atoms with Crippen LogP contribution in [0.5, 0.6) is 0 Å². The molecule has 0 aromatic heterocycles. The fraction of sp³-hybridized carbons (Fsp3) is 0.455. The van der Waals surface area contributed by atoms with Crippen LogP contribution in [0.2, 0.25) is 0 Å². The van der Waals surface area contributed by atoms with Gasteiger partial charge in [-0.15, -0.1) is 0 Å². The SMILES string of the molecule is O=S(=O)(N[C@@H]1CCCC[C@@H]1N1CCN(c2ccccc2F)CC1)c1ccccc1. The quantitative estimate of drug-likeness (QED) is 0.812. The summed E-state index contributed by atoms with van der Waals surface area (Å²) in [4.78, 5) is 4.78. The number of nitrogens with one attached hydrogen (secondary N) is 1. The number of hydrogen-bond acceptors (Lipinski definition) is 4. The molecule has 0 bridgehead atoms. The Morgan fingerprint density at radius 1 is 0.862 bits per heavy atom. The van der Waals surface area contributed by atoms with Gasteiger partial charge in [0.2, 0.25) is 10.0 Å². The number of piperazine rings is 1. The van der Waals surface area contributed by atoms with E-state index in [9.17, 15) is 12.8 Å². The second-order valence-corrected chi connectivity index (χ2v) is 9.58. The summed E-state index contributed by atoms with van der Waals surface area (Å²) in [6, 6.07) is 15.6. The summed E-state index contributed by atoms with van der Waals surface area (Å²) in [5, 5.41) is 0. The van der Waals surface area contributed by atoms with E-state index in [1.165, 1.54) is 6.07 Å². The standard InChI is InChI=1S/C22H28FN3O2S/c23-19-10-4-6-12-21(19)25-14-16-26(17-15-25)22-13-7-5-11-20(22)24-29(27,28)18-8-2-1-3-9-18/h1-4,6,8-10,12,20,22,24H,5,7,11,13-17H2/t20-,22+/m1/s1. The molecular formula is C22H28FN3O2S. The van der Waals surface area contributed by atoms with Crippen LogP contribution in [-0.4, -0.2) is 51.6 Å². The second kappa shape index (κ2) is 8.81. The number of hydrogen-bond donors (Lipinski definition) is 1. The highest BCUT2D eigenvalue weighted by atomic mass is 32.2. The maximum atomic E-state index is 14.1. The summed E-state index contributed by atoms with van der Waals surface area (Å²) in [5.41, 5.74) is 0.650. The van der Waals surface area contributed by atoms with Crippen LogP contribution in [-0.2, 0) is 10.0 Å². The third-order valence-electron chi connectivity index (χ3n) is 6.07. The molecule has 1 aliphatic heterocycles. The summed E-state index contributed by atoms with van der Waals surface area (Å²) in [5.74, 6) is -0.188. The fourth-order valence-electron chi connectivity index (χ4n) is 4.56. The lowest BCUT2D eigenvalue weighted by molar-refractivity contribution is 0.124. The van der Waals surface area contributed by atoms with E-state index in [2.05, 4.69) is 14.5 Å². The first-order valence-corrected chi connectivity index (χ1v) is 11.8. The Balaban J connectivity index is 1.43. The van der Waals surface area contributed by atoms with Crippen molar-refractivity contribution in [3.8, 4) is 0 Å². The number of sulfonamides is 1. The molecular weight excluding hydrogens is 389 g/mol. The average molecular weight is 418 g/mol. The Morgan fingerprint density at radius 3 is 2.24 bits per heavy atom. The summed E-state index contributed by atoms with van der Waals surface area (Å²) >= 11 is 0.